The van der Waals surface area contributed by atoms with Crippen LogP contribution >= 0.6 is 0 Å². The molecule has 266 valence electrons. The highest BCUT2D eigenvalue weighted by atomic mass is 16.5. The van der Waals surface area contributed by atoms with Crippen LogP contribution in [-0.4, -0.2) is 58.6 Å². The average Bonchev–Trinajstić information content (AvgIpc) is 3.48. The number of carbonyl (C=O) groups is 4. The van der Waals surface area contributed by atoms with Gasteiger partial charge in [0.25, 0.3) is 11.8 Å². The highest BCUT2D eigenvalue weighted by Crippen LogP contribution is 2.30. The molecule has 0 saturated heterocycles. The topological polar surface area (TPSA) is 261 Å². The summed E-state index contributed by atoms with van der Waals surface area (Å²) in [6.45, 7) is 2.54. The quantitative estimate of drug-likeness (QED) is 0.0376. The Morgan fingerprint density at radius 2 is 1.13 bits per heavy atom. The Morgan fingerprint density at radius 3 is 1.65 bits per heavy atom. The summed E-state index contributed by atoms with van der Waals surface area (Å²) in [6.07, 6.45) is 0. The zero-order chi connectivity index (χ0) is 37.2. The van der Waals surface area contributed by atoms with Crippen molar-refractivity contribution in [2.75, 3.05) is 35.3 Å². The molecule has 0 saturated carbocycles. The number of nitrogens with one attached hydrogen (secondary N) is 4. The van der Waals surface area contributed by atoms with Gasteiger partial charge in [0.15, 0.2) is 11.6 Å². The number of anilines is 4. The van der Waals surface area contributed by atoms with Gasteiger partial charge in [0.1, 0.15) is 36.1 Å². The Kier molecular flexibility index (Phi) is 11.5. The number of hydrogen-bond donors (Lipinski definition) is 6. The molecule has 0 aliphatic carbocycles. The second-order valence-electron chi connectivity index (χ2n) is 11.3. The van der Waals surface area contributed by atoms with Crippen LogP contribution in [0, 0.1) is 0 Å². The van der Waals surface area contributed by atoms with Gasteiger partial charge in [-0.1, -0.05) is 24.3 Å². The summed E-state index contributed by atoms with van der Waals surface area (Å²) >= 11 is 0. The smallest absolute Gasteiger partial charge is 0.323 e. The van der Waals surface area contributed by atoms with E-state index in [2.05, 4.69) is 41.1 Å². The van der Waals surface area contributed by atoms with E-state index in [1.54, 1.807) is 72.8 Å². The summed E-state index contributed by atoms with van der Waals surface area (Å²) in [5.74, 6) is -1.86. The van der Waals surface area contributed by atoms with Gasteiger partial charge < -0.3 is 41.5 Å². The maximum atomic E-state index is 12.9. The number of nitrogens with two attached hydrogens (primary N) is 2. The van der Waals surface area contributed by atoms with E-state index in [1.165, 1.54) is 26.0 Å². The molecule has 2 atom stereocenters. The van der Waals surface area contributed by atoms with Crippen molar-refractivity contribution in [2.45, 2.75) is 25.9 Å². The number of amides is 2. The number of azo groups is 2. The van der Waals surface area contributed by atoms with Crippen molar-refractivity contribution in [2.24, 2.45) is 20.5 Å². The molecule has 2 unspecified atom stereocenters. The third kappa shape index (κ3) is 9.29. The molecule has 17 nitrogen and oxygen atoms in total. The van der Waals surface area contributed by atoms with Crippen LogP contribution in [-0.2, 0) is 19.2 Å². The molecule has 0 spiro atoms. The standard InChI is InChI=1S/C35H34N10O7/c1-19(46)31(33(48)38-21-11-13-23(36)24(37)17-21)44-42-26-7-3-5-9-29(26)51-15-16-52-30-10-6-4-8-27(30)43-45-32(20(2)47)34(49)39-22-12-14-25-28(18-22)41-35(50)40-25/h3-14,17-18,31-32H,15-16,36-37H2,1-2H3,(H,38,48)(H,39,49)(H2,40,41,50). The number of nitrogens with zero attached hydrogens (tertiary/aromatic N) is 4. The van der Waals surface area contributed by atoms with E-state index in [0.29, 0.717) is 39.6 Å². The molecule has 0 aliphatic heterocycles. The number of hydrogen-bond acceptors (Lipinski definition) is 13. The number of fused-ring (bicyclic) bond motifs is 1. The zero-order valence-electron chi connectivity index (χ0n) is 28.0. The van der Waals surface area contributed by atoms with E-state index >= 15 is 0 Å². The van der Waals surface area contributed by atoms with Crippen molar-refractivity contribution in [1.29, 1.82) is 0 Å². The lowest BCUT2D eigenvalue weighted by molar-refractivity contribution is -0.127. The Labute approximate surface area is 295 Å². The first kappa shape index (κ1) is 36.1. The van der Waals surface area contributed by atoms with Crippen LogP contribution in [0.5, 0.6) is 11.5 Å². The van der Waals surface area contributed by atoms with Gasteiger partial charge >= 0.3 is 5.69 Å². The Balaban J connectivity index is 1.19. The van der Waals surface area contributed by atoms with Gasteiger partial charge in [0.2, 0.25) is 12.1 Å². The van der Waals surface area contributed by atoms with E-state index in [-0.39, 0.29) is 30.3 Å². The number of aromatic nitrogens is 2. The predicted octanol–water partition coefficient (Wildman–Crippen LogP) is 4.84. The molecule has 1 aromatic heterocycles. The van der Waals surface area contributed by atoms with Crippen molar-refractivity contribution < 1.29 is 28.7 Å². The summed E-state index contributed by atoms with van der Waals surface area (Å²) in [5.41, 5.74) is 14.0. The summed E-state index contributed by atoms with van der Waals surface area (Å²) in [5, 5.41) is 21.4. The zero-order valence-corrected chi connectivity index (χ0v) is 28.0. The SMILES string of the molecule is CC(=O)C(N=Nc1ccccc1OCCOc1ccccc1N=NC(C(C)=O)C(=O)Nc1ccc2[nH]c(=O)[nH]c2c1)C(=O)Nc1ccc(N)c(N)c1. The maximum Gasteiger partial charge on any atom is 0.323 e. The minimum absolute atomic E-state index is 0.0432. The fraction of sp³-hybridized carbons (Fsp3) is 0.171. The Bertz CT molecular complexity index is 2240. The van der Waals surface area contributed by atoms with Crippen LogP contribution in [0.2, 0.25) is 0 Å². The Hall–Kier alpha value is -7.17. The lowest BCUT2D eigenvalue weighted by Gasteiger charge is -2.12. The summed E-state index contributed by atoms with van der Waals surface area (Å²) in [6, 6.07) is 19.7. The molecule has 1 heterocycles. The molecule has 0 aliphatic rings. The van der Waals surface area contributed by atoms with Crippen molar-refractivity contribution in [3.8, 4) is 11.5 Å². The predicted molar refractivity (Wildman–Crippen MR) is 193 cm³/mol. The first-order chi connectivity index (χ1) is 25.0. The minimum Gasteiger partial charge on any atom is -0.488 e. The molecule has 4 aromatic carbocycles. The van der Waals surface area contributed by atoms with Crippen molar-refractivity contribution in [1.82, 2.24) is 9.97 Å². The first-order valence-electron chi connectivity index (χ1n) is 15.7. The highest BCUT2D eigenvalue weighted by molar-refractivity contribution is 6.11. The second-order valence-corrected chi connectivity index (χ2v) is 11.3. The van der Waals surface area contributed by atoms with Crippen LogP contribution in [0.3, 0.4) is 0 Å². The number of ketones is 2. The molecule has 0 fully saturated rings. The molecule has 5 aromatic rings. The fourth-order valence-corrected chi connectivity index (χ4v) is 4.69. The molecule has 2 amide bonds. The number of aromatic amines is 2. The first-order valence-corrected chi connectivity index (χ1v) is 15.7. The monoisotopic (exact) mass is 706 g/mol. The molecular weight excluding hydrogens is 672 g/mol. The number of Topliss-reactive ketones (excluding diaryl/α,β-unsaturated/α-hetero) is 2. The largest absolute Gasteiger partial charge is 0.488 e. The number of rotatable bonds is 15. The summed E-state index contributed by atoms with van der Waals surface area (Å²) < 4.78 is 11.7. The third-order valence-electron chi connectivity index (χ3n) is 7.30. The van der Waals surface area contributed by atoms with Crippen LogP contribution < -0.4 is 37.3 Å². The molecule has 8 N–H and O–H groups in total. The minimum atomic E-state index is -1.45. The van der Waals surface area contributed by atoms with Gasteiger partial charge in [0, 0.05) is 11.4 Å². The van der Waals surface area contributed by atoms with Crippen molar-refractivity contribution >= 4 is 68.5 Å². The van der Waals surface area contributed by atoms with Crippen molar-refractivity contribution in [3.63, 3.8) is 0 Å². The van der Waals surface area contributed by atoms with Gasteiger partial charge in [-0.15, -0.1) is 0 Å². The van der Waals surface area contributed by atoms with Crippen LogP contribution in [0.25, 0.3) is 11.0 Å². The lowest BCUT2D eigenvalue weighted by Crippen LogP contribution is -2.31. The van der Waals surface area contributed by atoms with Gasteiger partial charge in [-0.05, 0) is 74.5 Å². The molecule has 52 heavy (non-hydrogen) atoms. The van der Waals surface area contributed by atoms with E-state index in [0.717, 1.165) is 0 Å². The molecule has 5 rings (SSSR count). The summed E-state index contributed by atoms with van der Waals surface area (Å²) in [4.78, 5) is 67.2. The van der Waals surface area contributed by atoms with E-state index in [4.69, 9.17) is 20.9 Å². The number of benzene rings is 4. The van der Waals surface area contributed by atoms with E-state index in [9.17, 15) is 24.0 Å². The van der Waals surface area contributed by atoms with Gasteiger partial charge in [-0.2, -0.15) is 20.5 Å². The van der Waals surface area contributed by atoms with Gasteiger partial charge in [0.05, 0.1) is 22.4 Å². The molecule has 0 bridgehead atoms. The number of H-pyrrole nitrogens is 2. The van der Waals surface area contributed by atoms with Crippen LogP contribution in [0.15, 0.2) is 110 Å². The number of nitrogen functional groups attached to an aromatic ring is 2. The summed E-state index contributed by atoms with van der Waals surface area (Å²) in [7, 11) is 0. The van der Waals surface area contributed by atoms with Crippen LogP contribution in [0.1, 0.15) is 13.8 Å². The van der Waals surface area contributed by atoms with E-state index < -0.39 is 41.2 Å². The van der Waals surface area contributed by atoms with E-state index in [1.807, 2.05) is 0 Å². The third-order valence-corrected chi connectivity index (χ3v) is 7.30. The number of carbonyl (C=O) groups excluding carboxylic acids is 4. The lowest BCUT2D eigenvalue weighted by atomic mass is 10.2. The number of para-hydroxylation sites is 2. The highest BCUT2D eigenvalue weighted by Gasteiger charge is 2.25. The fourth-order valence-electron chi connectivity index (χ4n) is 4.69. The van der Waals surface area contributed by atoms with Crippen molar-refractivity contribution in [3.05, 3.63) is 95.4 Å². The van der Waals surface area contributed by atoms with Crippen LogP contribution in [0.4, 0.5) is 34.1 Å². The average molecular weight is 707 g/mol. The van der Waals surface area contributed by atoms with Gasteiger partial charge in [-0.3, -0.25) is 19.2 Å². The maximum absolute atomic E-state index is 12.9. The van der Waals surface area contributed by atoms with Gasteiger partial charge in [-0.25, -0.2) is 4.79 Å². The Morgan fingerprint density at radius 1 is 0.654 bits per heavy atom. The normalized spacial score (nSPS) is 12.4. The number of imidazole rings is 1. The molecule has 17 heteroatoms. The molecular formula is C35H34N10O7. The number of ether oxygens (including phenoxy) is 2. The second kappa shape index (κ2) is 16.5. The molecule has 0 radical (unpaired) electrons.